The zero-order valence-corrected chi connectivity index (χ0v) is 9.70. The number of esters is 1. The van der Waals surface area contributed by atoms with Gasteiger partial charge in [0.25, 0.3) is 6.43 Å². The van der Waals surface area contributed by atoms with Crippen molar-refractivity contribution in [3.8, 4) is 5.75 Å². The number of benzene rings is 1. The van der Waals surface area contributed by atoms with Crippen LogP contribution >= 0.6 is 0 Å². The summed E-state index contributed by atoms with van der Waals surface area (Å²) >= 11 is 0. The van der Waals surface area contributed by atoms with Gasteiger partial charge in [-0.3, -0.25) is 4.79 Å². The highest BCUT2D eigenvalue weighted by atomic mass is 19.3. The highest BCUT2D eigenvalue weighted by molar-refractivity contribution is 5.69. The van der Waals surface area contributed by atoms with E-state index in [0.29, 0.717) is 5.56 Å². The first-order chi connectivity index (χ1) is 8.10. The van der Waals surface area contributed by atoms with Gasteiger partial charge in [-0.1, -0.05) is 12.1 Å². The first-order valence-corrected chi connectivity index (χ1v) is 5.11. The fraction of sp³-hybridized carbons (Fsp3) is 0.417. The highest BCUT2D eigenvalue weighted by Crippen LogP contribution is 2.32. The Morgan fingerprint density at radius 1 is 1.35 bits per heavy atom. The minimum absolute atomic E-state index is 0.0728. The van der Waals surface area contributed by atoms with Gasteiger partial charge in [0.15, 0.2) is 0 Å². The molecule has 0 unspecified atom stereocenters. The third-order valence-corrected chi connectivity index (χ3v) is 2.42. The standard InChI is InChI=1S/C12H14F2O3/c1-16-9-5-3-4-8(11(9)12(13)14)6-7-10(15)17-2/h3-5,12H,6-7H2,1-2H3. The lowest BCUT2D eigenvalue weighted by molar-refractivity contribution is -0.140. The van der Waals surface area contributed by atoms with Crippen molar-refractivity contribution in [3.63, 3.8) is 0 Å². The Morgan fingerprint density at radius 3 is 2.59 bits per heavy atom. The topological polar surface area (TPSA) is 35.5 Å². The van der Waals surface area contributed by atoms with Crippen LogP contribution in [-0.2, 0) is 16.0 Å². The second-order valence-corrected chi connectivity index (χ2v) is 3.41. The second-order valence-electron chi connectivity index (χ2n) is 3.41. The lowest BCUT2D eigenvalue weighted by Crippen LogP contribution is -2.05. The maximum absolute atomic E-state index is 12.9. The Morgan fingerprint density at radius 2 is 2.06 bits per heavy atom. The van der Waals surface area contributed by atoms with E-state index in [9.17, 15) is 13.6 Å². The fourth-order valence-corrected chi connectivity index (χ4v) is 1.57. The Kier molecular flexibility index (Phi) is 4.87. The van der Waals surface area contributed by atoms with E-state index in [1.165, 1.54) is 20.3 Å². The number of hydrogen-bond acceptors (Lipinski definition) is 3. The predicted molar refractivity (Wildman–Crippen MR) is 58.3 cm³/mol. The summed E-state index contributed by atoms with van der Waals surface area (Å²) < 4.78 is 35.1. The summed E-state index contributed by atoms with van der Waals surface area (Å²) in [6.45, 7) is 0. The van der Waals surface area contributed by atoms with Gasteiger partial charge in [0.05, 0.1) is 19.8 Å². The van der Waals surface area contributed by atoms with E-state index in [4.69, 9.17) is 4.74 Å². The van der Waals surface area contributed by atoms with E-state index in [2.05, 4.69) is 4.74 Å². The van der Waals surface area contributed by atoms with Crippen molar-refractivity contribution in [2.24, 2.45) is 0 Å². The summed E-state index contributed by atoms with van der Waals surface area (Å²) in [6.07, 6.45) is -2.34. The van der Waals surface area contributed by atoms with Crippen molar-refractivity contribution in [1.29, 1.82) is 0 Å². The van der Waals surface area contributed by atoms with E-state index in [0.717, 1.165) is 0 Å². The molecular formula is C12H14F2O3. The molecule has 0 fully saturated rings. The number of methoxy groups -OCH3 is 2. The molecule has 0 spiro atoms. The first-order valence-electron chi connectivity index (χ1n) is 5.11. The van der Waals surface area contributed by atoms with Crippen LogP contribution in [0.3, 0.4) is 0 Å². The summed E-state index contributed by atoms with van der Waals surface area (Å²) in [5, 5.41) is 0. The molecule has 0 N–H and O–H groups in total. The SMILES string of the molecule is COC(=O)CCc1cccc(OC)c1C(F)F. The highest BCUT2D eigenvalue weighted by Gasteiger charge is 2.18. The van der Waals surface area contributed by atoms with Gasteiger partial charge in [0.1, 0.15) is 5.75 Å². The molecule has 0 amide bonds. The van der Waals surface area contributed by atoms with E-state index < -0.39 is 12.4 Å². The summed E-state index contributed by atoms with van der Waals surface area (Å²) in [7, 11) is 2.60. The minimum atomic E-state index is -2.63. The number of halogens is 2. The molecule has 0 bridgehead atoms. The van der Waals surface area contributed by atoms with Crippen LogP contribution in [0.15, 0.2) is 18.2 Å². The Labute approximate surface area is 98.3 Å². The molecule has 1 rings (SSSR count). The van der Waals surface area contributed by atoms with E-state index in [-0.39, 0.29) is 24.2 Å². The van der Waals surface area contributed by atoms with Crippen LogP contribution < -0.4 is 4.74 Å². The zero-order chi connectivity index (χ0) is 12.8. The molecule has 1 aromatic carbocycles. The zero-order valence-electron chi connectivity index (χ0n) is 9.70. The van der Waals surface area contributed by atoms with Gasteiger partial charge >= 0.3 is 5.97 Å². The lowest BCUT2D eigenvalue weighted by Gasteiger charge is -2.12. The van der Waals surface area contributed by atoms with Crippen LogP contribution in [0.25, 0.3) is 0 Å². The maximum atomic E-state index is 12.9. The van der Waals surface area contributed by atoms with Crippen LogP contribution in [0.5, 0.6) is 5.75 Å². The maximum Gasteiger partial charge on any atom is 0.305 e. The summed E-state index contributed by atoms with van der Waals surface area (Å²) in [4.78, 5) is 11.0. The van der Waals surface area contributed by atoms with Crippen molar-refractivity contribution in [3.05, 3.63) is 29.3 Å². The number of carbonyl (C=O) groups is 1. The molecule has 0 saturated heterocycles. The Bertz CT molecular complexity index is 391. The number of hydrogen-bond donors (Lipinski definition) is 0. The molecule has 0 aliphatic rings. The van der Waals surface area contributed by atoms with Gasteiger partial charge in [0, 0.05) is 6.42 Å². The number of carbonyl (C=O) groups excluding carboxylic acids is 1. The molecule has 0 atom stereocenters. The van der Waals surface area contributed by atoms with Crippen LogP contribution in [0, 0.1) is 0 Å². The summed E-state index contributed by atoms with van der Waals surface area (Å²) in [6, 6.07) is 4.66. The molecule has 0 saturated carbocycles. The molecule has 3 nitrogen and oxygen atoms in total. The van der Waals surface area contributed by atoms with Gasteiger partial charge in [-0.05, 0) is 18.1 Å². The van der Waals surface area contributed by atoms with Crippen LogP contribution in [0.2, 0.25) is 0 Å². The van der Waals surface area contributed by atoms with Gasteiger partial charge in [-0.15, -0.1) is 0 Å². The quantitative estimate of drug-likeness (QED) is 0.747. The van der Waals surface area contributed by atoms with Crippen LogP contribution in [-0.4, -0.2) is 20.2 Å². The molecular weight excluding hydrogens is 230 g/mol. The smallest absolute Gasteiger partial charge is 0.305 e. The minimum Gasteiger partial charge on any atom is -0.496 e. The van der Waals surface area contributed by atoms with Crippen molar-refractivity contribution < 1.29 is 23.0 Å². The Hall–Kier alpha value is -1.65. The number of ether oxygens (including phenoxy) is 2. The normalized spacial score (nSPS) is 10.4. The molecule has 0 aliphatic heterocycles. The van der Waals surface area contributed by atoms with E-state index >= 15 is 0 Å². The predicted octanol–water partition coefficient (Wildman–Crippen LogP) is 2.74. The van der Waals surface area contributed by atoms with E-state index in [1.54, 1.807) is 12.1 Å². The third kappa shape index (κ3) is 3.41. The first kappa shape index (κ1) is 13.4. The molecule has 5 heteroatoms. The summed E-state index contributed by atoms with van der Waals surface area (Å²) in [5.74, 6) is -0.282. The van der Waals surface area contributed by atoms with Gasteiger partial charge in [0.2, 0.25) is 0 Å². The van der Waals surface area contributed by atoms with Gasteiger partial charge in [-0.25, -0.2) is 8.78 Å². The van der Waals surface area contributed by atoms with Crippen molar-refractivity contribution in [2.75, 3.05) is 14.2 Å². The molecule has 0 heterocycles. The molecule has 0 aromatic heterocycles. The monoisotopic (exact) mass is 244 g/mol. The molecule has 1 aromatic rings. The third-order valence-electron chi connectivity index (χ3n) is 2.42. The molecule has 0 aliphatic carbocycles. The van der Waals surface area contributed by atoms with Crippen molar-refractivity contribution in [1.82, 2.24) is 0 Å². The van der Waals surface area contributed by atoms with E-state index in [1.807, 2.05) is 0 Å². The summed E-state index contributed by atoms with van der Waals surface area (Å²) in [5.41, 5.74) is 0.253. The van der Waals surface area contributed by atoms with Gasteiger partial charge in [-0.2, -0.15) is 0 Å². The Balaban J connectivity index is 2.94. The largest absolute Gasteiger partial charge is 0.496 e. The second kappa shape index (κ2) is 6.18. The molecule has 94 valence electrons. The van der Waals surface area contributed by atoms with Crippen LogP contribution in [0.1, 0.15) is 24.0 Å². The fourth-order valence-electron chi connectivity index (χ4n) is 1.57. The lowest BCUT2D eigenvalue weighted by atomic mass is 10.0. The average Bonchev–Trinajstić information content (AvgIpc) is 2.34. The number of alkyl halides is 2. The molecule has 17 heavy (non-hydrogen) atoms. The number of aryl methyl sites for hydroxylation is 1. The van der Waals surface area contributed by atoms with Crippen molar-refractivity contribution in [2.45, 2.75) is 19.3 Å². The van der Waals surface area contributed by atoms with Gasteiger partial charge < -0.3 is 9.47 Å². The van der Waals surface area contributed by atoms with Crippen LogP contribution in [0.4, 0.5) is 8.78 Å². The molecule has 0 radical (unpaired) electrons. The van der Waals surface area contributed by atoms with Crippen molar-refractivity contribution >= 4 is 5.97 Å². The average molecular weight is 244 g/mol. The number of rotatable bonds is 5.